The van der Waals surface area contributed by atoms with E-state index < -0.39 is 17.1 Å². The van der Waals surface area contributed by atoms with Crippen LogP contribution >= 0.6 is 0 Å². The molecule has 3 nitrogen and oxygen atoms in total. The fourth-order valence-electron chi connectivity index (χ4n) is 2.05. The summed E-state index contributed by atoms with van der Waals surface area (Å²) in [5.74, 6) is -1.67. The monoisotopic (exact) mass is 276 g/mol. The van der Waals surface area contributed by atoms with Crippen LogP contribution in [-0.2, 0) is 6.54 Å². The molecule has 0 bridgehead atoms. The highest BCUT2D eigenvalue weighted by molar-refractivity contribution is 5.80. The zero-order valence-electron chi connectivity index (χ0n) is 11.3. The number of nitrogens with zero attached hydrogens (tertiary/aromatic N) is 2. The highest BCUT2D eigenvalue weighted by atomic mass is 19.2. The van der Waals surface area contributed by atoms with Crippen molar-refractivity contribution in [2.75, 3.05) is 0 Å². The number of pyridine rings is 1. The normalized spacial score (nSPS) is 11.0. The summed E-state index contributed by atoms with van der Waals surface area (Å²) in [4.78, 5) is 12.0. The summed E-state index contributed by atoms with van der Waals surface area (Å²) in [6, 6.07) is 3.67. The van der Waals surface area contributed by atoms with Crippen molar-refractivity contribution in [3.8, 4) is 6.07 Å². The number of fused-ring (bicyclic) bond motifs is 1. The molecule has 0 aliphatic rings. The molecule has 0 unspecified atom stereocenters. The van der Waals surface area contributed by atoms with Gasteiger partial charge in [-0.1, -0.05) is 13.8 Å². The minimum absolute atomic E-state index is 0.0340. The zero-order valence-corrected chi connectivity index (χ0v) is 11.3. The average Bonchev–Trinajstić information content (AvgIpc) is 2.40. The van der Waals surface area contributed by atoms with Gasteiger partial charge in [0.2, 0.25) is 5.43 Å². The van der Waals surface area contributed by atoms with E-state index in [0.29, 0.717) is 18.0 Å². The minimum atomic E-state index is -1.08. The number of hydrogen-bond donors (Lipinski definition) is 0. The second kappa shape index (κ2) is 5.41. The van der Waals surface area contributed by atoms with Crippen LogP contribution in [0.3, 0.4) is 0 Å². The van der Waals surface area contributed by atoms with Crippen molar-refractivity contribution in [1.82, 2.24) is 4.57 Å². The molecular weight excluding hydrogens is 262 g/mol. The molecule has 1 aromatic carbocycles. The fraction of sp³-hybridized carbons (Fsp3) is 0.333. The number of nitriles is 1. The van der Waals surface area contributed by atoms with E-state index in [9.17, 15) is 13.6 Å². The van der Waals surface area contributed by atoms with Crippen LogP contribution in [0.4, 0.5) is 8.78 Å². The van der Waals surface area contributed by atoms with Gasteiger partial charge in [-0.2, -0.15) is 5.26 Å². The van der Waals surface area contributed by atoms with Crippen LogP contribution in [0.1, 0.15) is 25.8 Å². The maximum absolute atomic E-state index is 13.4. The Bertz CT molecular complexity index is 757. The Balaban J connectivity index is 2.73. The molecule has 0 spiro atoms. The SMILES string of the molecule is CC(C)CCn1cc(C#N)c(=O)c2cc(F)c(F)cc21. The van der Waals surface area contributed by atoms with Crippen LogP contribution in [-0.4, -0.2) is 4.57 Å². The van der Waals surface area contributed by atoms with Gasteiger partial charge in [-0.25, -0.2) is 8.78 Å². The lowest BCUT2D eigenvalue weighted by atomic mass is 10.1. The van der Waals surface area contributed by atoms with E-state index in [1.807, 2.05) is 13.8 Å². The maximum atomic E-state index is 13.4. The number of hydrogen-bond acceptors (Lipinski definition) is 2. The number of aromatic nitrogens is 1. The number of halogens is 2. The van der Waals surface area contributed by atoms with Gasteiger partial charge in [-0.05, 0) is 18.4 Å². The van der Waals surface area contributed by atoms with Crippen LogP contribution < -0.4 is 5.43 Å². The molecule has 0 aliphatic carbocycles. The van der Waals surface area contributed by atoms with Crippen molar-refractivity contribution < 1.29 is 8.78 Å². The lowest BCUT2D eigenvalue weighted by Crippen LogP contribution is -2.14. The van der Waals surface area contributed by atoms with Crippen LogP contribution in [0.2, 0.25) is 0 Å². The first-order valence-electron chi connectivity index (χ1n) is 6.36. The third-order valence-electron chi connectivity index (χ3n) is 3.19. The van der Waals surface area contributed by atoms with Crippen LogP contribution in [0, 0.1) is 28.9 Å². The van der Waals surface area contributed by atoms with E-state index in [4.69, 9.17) is 5.26 Å². The number of aryl methyl sites for hydroxylation is 1. The molecule has 0 amide bonds. The Morgan fingerprint density at radius 2 is 1.95 bits per heavy atom. The summed E-state index contributed by atoms with van der Waals surface area (Å²) >= 11 is 0. The standard InChI is InChI=1S/C15H14F2N2O/c1-9(2)3-4-19-8-10(7-18)15(20)11-5-12(16)13(17)6-14(11)19/h5-6,8-9H,3-4H2,1-2H3. The Hall–Kier alpha value is -2.22. The van der Waals surface area contributed by atoms with E-state index in [0.717, 1.165) is 18.6 Å². The first-order valence-corrected chi connectivity index (χ1v) is 6.36. The molecule has 0 atom stereocenters. The average molecular weight is 276 g/mol. The Kier molecular flexibility index (Phi) is 3.84. The van der Waals surface area contributed by atoms with Crippen molar-refractivity contribution in [3.05, 3.63) is 45.8 Å². The van der Waals surface area contributed by atoms with E-state index >= 15 is 0 Å². The molecule has 5 heteroatoms. The molecule has 2 aromatic rings. The summed E-state index contributed by atoms with van der Waals surface area (Å²) in [6.07, 6.45) is 2.21. The highest BCUT2D eigenvalue weighted by Gasteiger charge is 2.13. The van der Waals surface area contributed by atoms with Gasteiger partial charge in [-0.3, -0.25) is 4.79 Å². The van der Waals surface area contributed by atoms with E-state index in [1.165, 1.54) is 6.20 Å². The topological polar surface area (TPSA) is 45.8 Å². The fourth-order valence-corrected chi connectivity index (χ4v) is 2.05. The van der Waals surface area contributed by atoms with Gasteiger partial charge in [0.15, 0.2) is 11.6 Å². The molecule has 1 heterocycles. The smallest absolute Gasteiger partial charge is 0.207 e. The summed E-state index contributed by atoms with van der Waals surface area (Å²) in [7, 11) is 0. The summed E-state index contributed by atoms with van der Waals surface area (Å²) in [6.45, 7) is 4.61. The molecule has 0 radical (unpaired) electrons. The molecule has 104 valence electrons. The predicted octanol–water partition coefficient (Wildman–Crippen LogP) is 3.20. The second-order valence-electron chi connectivity index (χ2n) is 5.14. The van der Waals surface area contributed by atoms with Crippen molar-refractivity contribution in [2.45, 2.75) is 26.8 Å². The second-order valence-corrected chi connectivity index (χ2v) is 5.14. The Morgan fingerprint density at radius 1 is 1.30 bits per heavy atom. The van der Waals surface area contributed by atoms with Gasteiger partial charge in [0.25, 0.3) is 0 Å². The van der Waals surface area contributed by atoms with Gasteiger partial charge >= 0.3 is 0 Å². The van der Waals surface area contributed by atoms with Crippen molar-refractivity contribution in [2.24, 2.45) is 5.92 Å². The van der Waals surface area contributed by atoms with E-state index in [-0.39, 0.29) is 10.9 Å². The van der Waals surface area contributed by atoms with Gasteiger partial charge in [-0.15, -0.1) is 0 Å². The summed E-state index contributed by atoms with van der Waals surface area (Å²) in [5.41, 5.74) is -0.317. The zero-order chi connectivity index (χ0) is 14.9. The number of benzene rings is 1. The minimum Gasteiger partial charge on any atom is -0.346 e. The van der Waals surface area contributed by atoms with Crippen LogP contribution in [0.15, 0.2) is 23.1 Å². The molecule has 1 aromatic heterocycles. The van der Waals surface area contributed by atoms with Crippen molar-refractivity contribution >= 4 is 10.9 Å². The van der Waals surface area contributed by atoms with Crippen molar-refractivity contribution in [1.29, 1.82) is 5.26 Å². The maximum Gasteiger partial charge on any atom is 0.207 e. The summed E-state index contributed by atoms with van der Waals surface area (Å²) < 4.78 is 28.3. The van der Waals surface area contributed by atoms with Gasteiger partial charge in [0.1, 0.15) is 11.6 Å². The van der Waals surface area contributed by atoms with E-state index in [2.05, 4.69) is 0 Å². The quantitative estimate of drug-likeness (QED) is 0.864. The lowest BCUT2D eigenvalue weighted by molar-refractivity contribution is 0.505. The summed E-state index contributed by atoms with van der Waals surface area (Å²) in [5, 5.41) is 9.01. The Morgan fingerprint density at radius 3 is 2.55 bits per heavy atom. The van der Waals surface area contributed by atoms with Gasteiger partial charge in [0, 0.05) is 18.8 Å². The molecular formula is C15H14F2N2O. The molecule has 2 rings (SSSR count). The molecule has 0 saturated heterocycles. The molecule has 20 heavy (non-hydrogen) atoms. The van der Waals surface area contributed by atoms with Gasteiger partial charge < -0.3 is 4.57 Å². The first kappa shape index (κ1) is 14.2. The molecule has 0 aliphatic heterocycles. The van der Waals surface area contributed by atoms with Crippen LogP contribution in [0.5, 0.6) is 0 Å². The predicted molar refractivity (Wildman–Crippen MR) is 72.3 cm³/mol. The van der Waals surface area contributed by atoms with E-state index in [1.54, 1.807) is 10.6 Å². The van der Waals surface area contributed by atoms with Crippen LogP contribution in [0.25, 0.3) is 10.9 Å². The van der Waals surface area contributed by atoms with Gasteiger partial charge in [0.05, 0.1) is 10.9 Å². The molecule has 0 saturated carbocycles. The lowest BCUT2D eigenvalue weighted by Gasteiger charge is -2.13. The highest BCUT2D eigenvalue weighted by Crippen LogP contribution is 2.18. The first-order chi connectivity index (χ1) is 9.43. The Labute approximate surface area is 115 Å². The van der Waals surface area contributed by atoms with Crippen molar-refractivity contribution in [3.63, 3.8) is 0 Å². The third-order valence-corrected chi connectivity index (χ3v) is 3.19. The number of rotatable bonds is 3. The molecule has 0 N–H and O–H groups in total. The largest absolute Gasteiger partial charge is 0.346 e. The molecule has 0 fully saturated rings. The third kappa shape index (κ3) is 2.55.